The van der Waals surface area contributed by atoms with Crippen molar-refractivity contribution in [3.05, 3.63) is 57.8 Å². The second-order valence-corrected chi connectivity index (χ2v) is 6.22. The van der Waals surface area contributed by atoms with E-state index in [-0.39, 0.29) is 5.41 Å². The van der Waals surface area contributed by atoms with Crippen LogP contribution in [-0.2, 0) is 12.0 Å². The van der Waals surface area contributed by atoms with Gasteiger partial charge in [-0.3, -0.25) is 0 Å². The summed E-state index contributed by atoms with van der Waals surface area (Å²) in [5, 5.41) is 14.4. The van der Waals surface area contributed by atoms with E-state index >= 15 is 0 Å². The fourth-order valence-electron chi connectivity index (χ4n) is 1.97. The van der Waals surface area contributed by atoms with Crippen molar-refractivity contribution in [2.45, 2.75) is 25.8 Å². The lowest BCUT2D eigenvalue weighted by Crippen LogP contribution is -2.31. The number of nitrogens with zero attached hydrogens (tertiary/aromatic N) is 1. The van der Waals surface area contributed by atoms with Crippen LogP contribution >= 0.6 is 11.3 Å². The highest BCUT2D eigenvalue weighted by molar-refractivity contribution is 7.10. The van der Waals surface area contributed by atoms with Crippen LogP contribution in [0, 0.1) is 11.3 Å². The summed E-state index contributed by atoms with van der Waals surface area (Å²) in [5.74, 6) is 0. The zero-order valence-corrected chi connectivity index (χ0v) is 12.1. The smallest absolute Gasteiger partial charge is 0.0991 e. The van der Waals surface area contributed by atoms with Crippen LogP contribution in [0.25, 0.3) is 0 Å². The Labute approximate surface area is 118 Å². The molecule has 0 bridgehead atoms. The molecule has 98 valence electrons. The molecule has 1 aromatic heterocycles. The molecule has 0 saturated heterocycles. The molecule has 0 aliphatic carbocycles. The standard InChI is InChI=1S/C16H18N2S/c1-16(2,15-4-3-9-19-15)12-18-11-14-7-5-13(10-17)6-8-14/h3-9,18H,11-12H2,1-2H3. The van der Waals surface area contributed by atoms with E-state index in [1.807, 2.05) is 24.3 Å². The molecule has 19 heavy (non-hydrogen) atoms. The summed E-state index contributed by atoms with van der Waals surface area (Å²) in [7, 11) is 0. The third-order valence-electron chi connectivity index (χ3n) is 3.17. The normalized spacial score (nSPS) is 11.2. The molecule has 1 heterocycles. The van der Waals surface area contributed by atoms with Crippen LogP contribution in [0.5, 0.6) is 0 Å². The van der Waals surface area contributed by atoms with Crippen LogP contribution in [0.4, 0.5) is 0 Å². The van der Waals surface area contributed by atoms with Crippen LogP contribution in [-0.4, -0.2) is 6.54 Å². The quantitative estimate of drug-likeness (QED) is 0.899. The zero-order chi connectivity index (χ0) is 13.7. The minimum Gasteiger partial charge on any atom is -0.312 e. The molecule has 0 radical (unpaired) electrons. The highest BCUT2D eigenvalue weighted by Gasteiger charge is 2.20. The van der Waals surface area contributed by atoms with E-state index in [0.29, 0.717) is 5.56 Å². The van der Waals surface area contributed by atoms with Crippen molar-refractivity contribution in [2.75, 3.05) is 6.54 Å². The van der Waals surface area contributed by atoms with Gasteiger partial charge in [0, 0.05) is 23.4 Å². The molecule has 2 aromatic rings. The lowest BCUT2D eigenvalue weighted by molar-refractivity contribution is 0.477. The number of thiophene rings is 1. The summed E-state index contributed by atoms with van der Waals surface area (Å²) in [6.45, 7) is 6.28. The van der Waals surface area contributed by atoms with Gasteiger partial charge in [-0.15, -0.1) is 11.3 Å². The molecule has 0 aliphatic rings. The van der Waals surface area contributed by atoms with Crippen LogP contribution < -0.4 is 5.32 Å². The number of rotatable bonds is 5. The first-order valence-corrected chi connectivity index (χ1v) is 7.23. The van der Waals surface area contributed by atoms with Gasteiger partial charge in [0.15, 0.2) is 0 Å². The summed E-state index contributed by atoms with van der Waals surface area (Å²) in [6, 6.07) is 14.2. The maximum atomic E-state index is 8.75. The van der Waals surface area contributed by atoms with E-state index in [9.17, 15) is 0 Å². The van der Waals surface area contributed by atoms with Crippen molar-refractivity contribution in [2.24, 2.45) is 0 Å². The third-order valence-corrected chi connectivity index (χ3v) is 4.40. The summed E-state index contributed by atoms with van der Waals surface area (Å²) in [5.41, 5.74) is 2.07. The molecule has 0 unspecified atom stereocenters. The van der Waals surface area contributed by atoms with E-state index in [1.54, 1.807) is 11.3 Å². The summed E-state index contributed by atoms with van der Waals surface area (Å²) in [6.07, 6.45) is 0. The van der Waals surface area contributed by atoms with Crippen molar-refractivity contribution < 1.29 is 0 Å². The number of nitriles is 1. The predicted octanol–water partition coefficient (Wildman–Crippen LogP) is 3.69. The maximum Gasteiger partial charge on any atom is 0.0991 e. The minimum atomic E-state index is 0.154. The number of hydrogen-bond acceptors (Lipinski definition) is 3. The Balaban J connectivity index is 1.88. The topological polar surface area (TPSA) is 35.8 Å². The van der Waals surface area contributed by atoms with Crippen molar-refractivity contribution in [1.29, 1.82) is 5.26 Å². The van der Waals surface area contributed by atoms with E-state index in [2.05, 4.69) is 42.7 Å². The lowest BCUT2D eigenvalue weighted by atomic mass is 9.91. The molecule has 3 heteroatoms. The van der Waals surface area contributed by atoms with Crippen LogP contribution in [0.3, 0.4) is 0 Å². The van der Waals surface area contributed by atoms with Crippen LogP contribution in [0.1, 0.15) is 29.9 Å². The van der Waals surface area contributed by atoms with E-state index < -0.39 is 0 Å². The largest absolute Gasteiger partial charge is 0.312 e. The molecule has 1 N–H and O–H groups in total. The Morgan fingerprint density at radius 3 is 2.53 bits per heavy atom. The Morgan fingerprint density at radius 2 is 1.95 bits per heavy atom. The van der Waals surface area contributed by atoms with Gasteiger partial charge in [0.25, 0.3) is 0 Å². The van der Waals surface area contributed by atoms with E-state index in [0.717, 1.165) is 13.1 Å². The van der Waals surface area contributed by atoms with E-state index in [4.69, 9.17) is 5.26 Å². The SMILES string of the molecule is CC(C)(CNCc1ccc(C#N)cc1)c1cccs1. The van der Waals surface area contributed by atoms with Gasteiger partial charge in [-0.25, -0.2) is 0 Å². The highest BCUT2D eigenvalue weighted by atomic mass is 32.1. The monoisotopic (exact) mass is 270 g/mol. The van der Waals surface area contributed by atoms with Gasteiger partial charge in [0.1, 0.15) is 0 Å². The molecular weight excluding hydrogens is 252 g/mol. The molecule has 0 saturated carbocycles. The Morgan fingerprint density at radius 1 is 1.21 bits per heavy atom. The molecule has 0 fully saturated rings. The Bertz CT molecular complexity index is 547. The second-order valence-electron chi connectivity index (χ2n) is 5.27. The first kappa shape index (κ1) is 13.8. The molecule has 0 amide bonds. The maximum absolute atomic E-state index is 8.75. The Hall–Kier alpha value is -1.63. The Kier molecular flexibility index (Phi) is 4.36. The molecule has 1 aromatic carbocycles. The molecule has 2 nitrogen and oxygen atoms in total. The first-order valence-electron chi connectivity index (χ1n) is 6.35. The zero-order valence-electron chi connectivity index (χ0n) is 11.3. The summed E-state index contributed by atoms with van der Waals surface area (Å²) >= 11 is 1.81. The van der Waals surface area contributed by atoms with Gasteiger partial charge < -0.3 is 5.32 Å². The fraction of sp³-hybridized carbons (Fsp3) is 0.312. The fourth-order valence-corrected chi connectivity index (χ4v) is 2.82. The van der Waals surface area contributed by atoms with Crippen molar-refractivity contribution in [3.63, 3.8) is 0 Å². The summed E-state index contributed by atoms with van der Waals surface area (Å²) < 4.78 is 0. The van der Waals surface area contributed by atoms with Gasteiger partial charge in [-0.2, -0.15) is 5.26 Å². The minimum absolute atomic E-state index is 0.154. The number of nitrogens with one attached hydrogen (secondary N) is 1. The number of hydrogen-bond donors (Lipinski definition) is 1. The van der Waals surface area contributed by atoms with Gasteiger partial charge in [0.05, 0.1) is 11.6 Å². The van der Waals surface area contributed by atoms with Crippen molar-refractivity contribution in [3.8, 4) is 6.07 Å². The second kappa shape index (κ2) is 6.01. The molecule has 0 spiro atoms. The molecular formula is C16H18N2S. The van der Waals surface area contributed by atoms with Gasteiger partial charge in [-0.05, 0) is 29.1 Å². The molecule has 0 atom stereocenters. The predicted molar refractivity (Wildman–Crippen MR) is 80.2 cm³/mol. The highest BCUT2D eigenvalue weighted by Crippen LogP contribution is 2.26. The summed E-state index contributed by atoms with van der Waals surface area (Å²) in [4.78, 5) is 1.40. The van der Waals surface area contributed by atoms with E-state index in [1.165, 1.54) is 10.4 Å². The lowest BCUT2D eigenvalue weighted by Gasteiger charge is -2.23. The average molecular weight is 270 g/mol. The van der Waals surface area contributed by atoms with Crippen molar-refractivity contribution in [1.82, 2.24) is 5.32 Å². The third kappa shape index (κ3) is 3.66. The molecule has 0 aliphatic heterocycles. The van der Waals surface area contributed by atoms with Gasteiger partial charge in [0.2, 0.25) is 0 Å². The van der Waals surface area contributed by atoms with Crippen LogP contribution in [0.15, 0.2) is 41.8 Å². The average Bonchev–Trinajstić information content (AvgIpc) is 2.94. The molecule has 2 rings (SSSR count). The van der Waals surface area contributed by atoms with Gasteiger partial charge >= 0.3 is 0 Å². The van der Waals surface area contributed by atoms with Crippen molar-refractivity contribution >= 4 is 11.3 Å². The van der Waals surface area contributed by atoms with Gasteiger partial charge in [-0.1, -0.05) is 32.0 Å². The first-order chi connectivity index (χ1) is 9.12. The number of benzene rings is 1. The van der Waals surface area contributed by atoms with Crippen LogP contribution in [0.2, 0.25) is 0 Å².